The first-order valence-electron chi connectivity index (χ1n) is 10.9. The second kappa shape index (κ2) is 10.4. The van der Waals surface area contributed by atoms with Crippen molar-refractivity contribution in [3.63, 3.8) is 0 Å². The van der Waals surface area contributed by atoms with Gasteiger partial charge in [-0.1, -0.05) is 49.4 Å². The molecule has 4 rings (SSSR count). The molecule has 0 unspecified atom stereocenters. The molecule has 0 bridgehead atoms. The number of carbonyl (C=O) groups excluding carboxylic acids is 1. The number of nitrogens with zero attached hydrogens (tertiary/aromatic N) is 4. The van der Waals surface area contributed by atoms with Crippen LogP contribution >= 0.6 is 11.8 Å². The third-order valence-corrected chi connectivity index (χ3v) is 6.61. The Morgan fingerprint density at radius 3 is 2.29 bits per heavy atom. The number of hydrogen-bond acceptors (Lipinski definition) is 5. The third-order valence-electron chi connectivity index (χ3n) is 5.59. The fourth-order valence-electron chi connectivity index (χ4n) is 3.68. The molecule has 1 amide bonds. The molecule has 1 saturated heterocycles. The lowest BCUT2D eigenvalue weighted by molar-refractivity contribution is -0.131. The summed E-state index contributed by atoms with van der Waals surface area (Å²) in [5, 5.41) is 8.87. The molecule has 5 nitrogen and oxygen atoms in total. The van der Waals surface area contributed by atoms with Gasteiger partial charge in [-0.15, -0.1) is 22.0 Å². The first-order chi connectivity index (χ1) is 15.2. The molecule has 0 N–H and O–H groups in total. The standard InChI is InChI=1S/C25H28N4OS/c1-2-20-8-10-21(11-9-20)23-12-13-24(27-26-23)28-15-17-29(18-16-28)25(30)14-19-31-22-6-4-3-5-7-22/h3-13H,2,14-19H2,1H3. The van der Waals surface area contributed by atoms with E-state index in [0.717, 1.165) is 55.4 Å². The van der Waals surface area contributed by atoms with Gasteiger partial charge in [0.2, 0.25) is 5.91 Å². The lowest BCUT2D eigenvalue weighted by Gasteiger charge is -2.35. The summed E-state index contributed by atoms with van der Waals surface area (Å²) in [6.07, 6.45) is 1.61. The summed E-state index contributed by atoms with van der Waals surface area (Å²) in [6, 6.07) is 22.8. The monoisotopic (exact) mass is 432 g/mol. The predicted molar refractivity (Wildman–Crippen MR) is 127 cm³/mol. The zero-order chi connectivity index (χ0) is 21.5. The van der Waals surface area contributed by atoms with Gasteiger partial charge in [-0.2, -0.15) is 0 Å². The van der Waals surface area contributed by atoms with Crippen LogP contribution in [0.5, 0.6) is 0 Å². The molecule has 2 heterocycles. The molecule has 160 valence electrons. The van der Waals surface area contributed by atoms with E-state index in [9.17, 15) is 4.79 Å². The third kappa shape index (κ3) is 5.64. The van der Waals surface area contributed by atoms with Crippen LogP contribution in [0.4, 0.5) is 5.82 Å². The van der Waals surface area contributed by atoms with Crippen molar-refractivity contribution in [3.05, 3.63) is 72.3 Å². The van der Waals surface area contributed by atoms with Gasteiger partial charge in [-0.3, -0.25) is 4.79 Å². The van der Waals surface area contributed by atoms with Gasteiger partial charge in [0.05, 0.1) is 5.69 Å². The molecular weight excluding hydrogens is 404 g/mol. The Labute approximate surface area is 188 Å². The van der Waals surface area contributed by atoms with Crippen LogP contribution in [0.15, 0.2) is 71.6 Å². The maximum Gasteiger partial charge on any atom is 0.223 e. The number of amides is 1. The molecule has 6 heteroatoms. The zero-order valence-corrected chi connectivity index (χ0v) is 18.7. The maximum absolute atomic E-state index is 12.5. The minimum Gasteiger partial charge on any atom is -0.352 e. The van der Waals surface area contributed by atoms with Crippen molar-refractivity contribution in [2.24, 2.45) is 0 Å². The number of carbonyl (C=O) groups is 1. The van der Waals surface area contributed by atoms with Gasteiger partial charge >= 0.3 is 0 Å². The van der Waals surface area contributed by atoms with Gasteiger partial charge in [0.25, 0.3) is 0 Å². The van der Waals surface area contributed by atoms with Crippen LogP contribution in [0.2, 0.25) is 0 Å². The fraction of sp³-hybridized carbons (Fsp3) is 0.320. The average molecular weight is 433 g/mol. The van der Waals surface area contributed by atoms with Gasteiger partial charge in [-0.25, -0.2) is 0 Å². The number of hydrogen-bond donors (Lipinski definition) is 0. The maximum atomic E-state index is 12.5. The van der Waals surface area contributed by atoms with Crippen LogP contribution in [-0.2, 0) is 11.2 Å². The Bertz CT molecular complexity index is 969. The first-order valence-corrected chi connectivity index (χ1v) is 11.8. The Kier molecular flexibility index (Phi) is 7.20. The molecule has 0 atom stereocenters. The molecule has 3 aromatic rings. The minimum atomic E-state index is 0.236. The number of piperazine rings is 1. The highest BCUT2D eigenvalue weighted by atomic mass is 32.2. The Balaban J connectivity index is 1.25. The molecule has 0 saturated carbocycles. The van der Waals surface area contributed by atoms with Crippen LogP contribution < -0.4 is 4.90 Å². The van der Waals surface area contributed by atoms with Crippen molar-refractivity contribution < 1.29 is 4.79 Å². The van der Waals surface area contributed by atoms with E-state index in [1.807, 2.05) is 35.2 Å². The number of benzene rings is 2. The lowest BCUT2D eigenvalue weighted by Crippen LogP contribution is -2.49. The molecule has 0 aliphatic carbocycles. The summed E-state index contributed by atoms with van der Waals surface area (Å²) in [5.74, 6) is 1.93. The van der Waals surface area contributed by atoms with E-state index in [1.54, 1.807) is 11.8 Å². The number of thioether (sulfide) groups is 1. The summed E-state index contributed by atoms with van der Waals surface area (Å²) in [6.45, 7) is 5.20. The molecule has 1 aliphatic heterocycles. The summed E-state index contributed by atoms with van der Waals surface area (Å²) in [4.78, 5) is 17.9. The van der Waals surface area contributed by atoms with E-state index in [-0.39, 0.29) is 5.91 Å². The Morgan fingerprint density at radius 2 is 1.65 bits per heavy atom. The van der Waals surface area contributed by atoms with E-state index < -0.39 is 0 Å². The smallest absolute Gasteiger partial charge is 0.223 e. The van der Waals surface area contributed by atoms with E-state index in [4.69, 9.17) is 0 Å². The molecular formula is C25H28N4OS. The SMILES string of the molecule is CCc1ccc(-c2ccc(N3CCN(C(=O)CCSc4ccccc4)CC3)nn2)cc1. The lowest BCUT2D eigenvalue weighted by atomic mass is 10.1. The van der Waals surface area contributed by atoms with E-state index in [1.165, 1.54) is 10.5 Å². The second-order valence-corrected chi connectivity index (χ2v) is 8.77. The Hall–Kier alpha value is -2.86. The summed E-state index contributed by atoms with van der Waals surface area (Å²) in [5.41, 5.74) is 3.29. The van der Waals surface area contributed by atoms with Crippen LogP contribution in [0, 0.1) is 0 Å². The summed E-state index contributed by atoms with van der Waals surface area (Å²) in [7, 11) is 0. The molecule has 1 aliphatic rings. The van der Waals surface area contributed by atoms with E-state index in [0.29, 0.717) is 6.42 Å². The number of aromatic nitrogens is 2. The molecule has 1 aromatic heterocycles. The van der Waals surface area contributed by atoms with Gasteiger partial charge in [0.15, 0.2) is 5.82 Å². The summed E-state index contributed by atoms with van der Waals surface area (Å²) < 4.78 is 0. The van der Waals surface area contributed by atoms with Crippen LogP contribution in [0.25, 0.3) is 11.3 Å². The zero-order valence-electron chi connectivity index (χ0n) is 17.9. The van der Waals surface area contributed by atoms with Crippen LogP contribution in [0.3, 0.4) is 0 Å². The average Bonchev–Trinajstić information content (AvgIpc) is 2.85. The van der Waals surface area contributed by atoms with Crippen molar-refractivity contribution in [2.45, 2.75) is 24.7 Å². The second-order valence-electron chi connectivity index (χ2n) is 7.61. The first kappa shape index (κ1) is 21.4. The van der Waals surface area contributed by atoms with Gasteiger partial charge in [0, 0.05) is 48.8 Å². The van der Waals surface area contributed by atoms with E-state index in [2.05, 4.69) is 58.4 Å². The highest BCUT2D eigenvalue weighted by Crippen LogP contribution is 2.21. The van der Waals surface area contributed by atoms with Crippen LogP contribution in [-0.4, -0.2) is 52.9 Å². The van der Waals surface area contributed by atoms with Crippen molar-refractivity contribution >= 4 is 23.5 Å². The van der Waals surface area contributed by atoms with Crippen molar-refractivity contribution in [3.8, 4) is 11.3 Å². The predicted octanol–water partition coefficient (Wildman–Crippen LogP) is 4.54. The molecule has 0 radical (unpaired) electrons. The molecule has 31 heavy (non-hydrogen) atoms. The summed E-state index contributed by atoms with van der Waals surface area (Å²) >= 11 is 1.74. The van der Waals surface area contributed by atoms with Crippen LogP contribution in [0.1, 0.15) is 18.9 Å². The largest absolute Gasteiger partial charge is 0.352 e. The number of rotatable bonds is 7. The normalized spacial score (nSPS) is 14.0. The number of anilines is 1. The molecule has 2 aromatic carbocycles. The van der Waals surface area contributed by atoms with Gasteiger partial charge in [-0.05, 0) is 36.2 Å². The highest BCUT2D eigenvalue weighted by Gasteiger charge is 2.22. The van der Waals surface area contributed by atoms with E-state index >= 15 is 0 Å². The highest BCUT2D eigenvalue weighted by molar-refractivity contribution is 7.99. The Morgan fingerprint density at radius 1 is 0.903 bits per heavy atom. The van der Waals surface area contributed by atoms with Crippen molar-refractivity contribution in [2.75, 3.05) is 36.8 Å². The van der Waals surface area contributed by atoms with Crippen molar-refractivity contribution in [1.82, 2.24) is 15.1 Å². The quantitative estimate of drug-likeness (QED) is 0.513. The fourth-order valence-corrected chi connectivity index (χ4v) is 4.54. The van der Waals surface area contributed by atoms with Gasteiger partial charge < -0.3 is 9.80 Å². The van der Waals surface area contributed by atoms with Crippen molar-refractivity contribution in [1.29, 1.82) is 0 Å². The molecule has 0 spiro atoms. The molecule has 1 fully saturated rings. The minimum absolute atomic E-state index is 0.236. The topological polar surface area (TPSA) is 49.3 Å². The van der Waals surface area contributed by atoms with Gasteiger partial charge in [0.1, 0.15) is 0 Å². The number of aryl methyl sites for hydroxylation is 1.